The molecule has 0 radical (unpaired) electrons. The molecule has 0 heterocycles. The van der Waals surface area contributed by atoms with Crippen LogP contribution in [0.1, 0.15) is 63.5 Å². The molecule has 1 aliphatic rings. The largest absolute Gasteiger partial charge is 0.494 e. The summed E-state index contributed by atoms with van der Waals surface area (Å²) in [5, 5.41) is 4.48. The van der Waals surface area contributed by atoms with Crippen molar-refractivity contribution in [1.82, 2.24) is 5.32 Å². The molecule has 1 aliphatic carbocycles. The third-order valence-electron chi connectivity index (χ3n) is 5.68. The van der Waals surface area contributed by atoms with Gasteiger partial charge in [0.25, 0.3) is 0 Å². The predicted molar refractivity (Wildman–Crippen MR) is 122 cm³/mol. The van der Waals surface area contributed by atoms with Gasteiger partial charge in [-0.05, 0) is 74.7 Å². The predicted octanol–water partition coefficient (Wildman–Crippen LogP) is 7.65. The highest BCUT2D eigenvalue weighted by atomic mass is 35.5. The standard InChI is InChI=1S/C16H24ClN.C9H9F3O/c1-2-3-4-12-18-13-16(10-5-11-16)14-6-8-15(17)9-7-14;1-2-13-8-5-3-7(4-6-8)9(10,11)12/h6-9,18H,2-5,10-13H2,1H3;3-6H,2H2,1H3. The Morgan fingerprint density at radius 1 is 0.968 bits per heavy atom. The smallest absolute Gasteiger partial charge is 0.416 e. The van der Waals surface area contributed by atoms with E-state index in [0.29, 0.717) is 17.8 Å². The zero-order valence-corrected chi connectivity index (χ0v) is 19.2. The zero-order chi connectivity index (χ0) is 22.7. The van der Waals surface area contributed by atoms with Crippen LogP contribution in [0.15, 0.2) is 48.5 Å². The van der Waals surface area contributed by atoms with E-state index in [1.165, 1.54) is 56.2 Å². The molecule has 2 aromatic carbocycles. The van der Waals surface area contributed by atoms with Crippen molar-refractivity contribution >= 4 is 11.6 Å². The summed E-state index contributed by atoms with van der Waals surface area (Å²) in [6.45, 7) is 6.76. The van der Waals surface area contributed by atoms with Crippen LogP contribution in [0.2, 0.25) is 5.02 Å². The lowest BCUT2D eigenvalue weighted by molar-refractivity contribution is -0.137. The molecular formula is C25H33ClF3NO. The van der Waals surface area contributed by atoms with Gasteiger partial charge in [0.15, 0.2) is 0 Å². The van der Waals surface area contributed by atoms with Crippen LogP contribution < -0.4 is 10.1 Å². The molecule has 0 bridgehead atoms. The molecule has 0 spiro atoms. The van der Waals surface area contributed by atoms with E-state index in [0.717, 1.165) is 30.2 Å². The highest BCUT2D eigenvalue weighted by molar-refractivity contribution is 6.30. The minimum Gasteiger partial charge on any atom is -0.494 e. The van der Waals surface area contributed by atoms with Gasteiger partial charge in [0.05, 0.1) is 12.2 Å². The molecule has 1 N–H and O–H groups in total. The lowest BCUT2D eigenvalue weighted by Gasteiger charge is -2.43. The van der Waals surface area contributed by atoms with Gasteiger partial charge in [-0.2, -0.15) is 13.2 Å². The Balaban J connectivity index is 0.000000233. The van der Waals surface area contributed by atoms with Crippen LogP contribution in [0.3, 0.4) is 0 Å². The van der Waals surface area contributed by atoms with Gasteiger partial charge in [-0.25, -0.2) is 0 Å². The second-order valence-electron chi connectivity index (χ2n) is 7.98. The van der Waals surface area contributed by atoms with Crippen LogP contribution in [0.5, 0.6) is 5.75 Å². The second-order valence-corrected chi connectivity index (χ2v) is 8.42. The molecule has 2 nitrogen and oxygen atoms in total. The number of benzene rings is 2. The van der Waals surface area contributed by atoms with Crippen LogP contribution >= 0.6 is 11.6 Å². The molecule has 0 amide bonds. The van der Waals surface area contributed by atoms with Crippen molar-refractivity contribution < 1.29 is 17.9 Å². The Morgan fingerprint density at radius 3 is 2.10 bits per heavy atom. The second kappa shape index (κ2) is 12.4. The number of hydrogen-bond donors (Lipinski definition) is 1. The fourth-order valence-electron chi connectivity index (χ4n) is 3.71. The van der Waals surface area contributed by atoms with E-state index in [4.69, 9.17) is 16.3 Å². The summed E-state index contributed by atoms with van der Waals surface area (Å²) in [5.41, 5.74) is 1.19. The van der Waals surface area contributed by atoms with E-state index >= 15 is 0 Å². The highest BCUT2D eigenvalue weighted by Crippen LogP contribution is 2.43. The molecule has 172 valence electrons. The zero-order valence-electron chi connectivity index (χ0n) is 18.4. The first-order valence-corrected chi connectivity index (χ1v) is 11.5. The summed E-state index contributed by atoms with van der Waals surface area (Å²) in [6.07, 6.45) is 3.65. The first-order chi connectivity index (χ1) is 14.8. The van der Waals surface area contributed by atoms with Crippen LogP contribution in [0.4, 0.5) is 13.2 Å². The van der Waals surface area contributed by atoms with Crippen molar-refractivity contribution in [1.29, 1.82) is 0 Å². The average molecular weight is 456 g/mol. The Labute approximate surface area is 189 Å². The van der Waals surface area contributed by atoms with Gasteiger partial charge in [-0.1, -0.05) is 49.9 Å². The van der Waals surface area contributed by atoms with Gasteiger partial charge in [0.1, 0.15) is 5.75 Å². The van der Waals surface area contributed by atoms with E-state index in [1.54, 1.807) is 6.92 Å². The van der Waals surface area contributed by atoms with Gasteiger partial charge >= 0.3 is 6.18 Å². The van der Waals surface area contributed by atoms with E-state index < -0.39 is 11.7 Å². The number of unbranched alkanes of at least 4 members (excludes halogenated alkanes) is 2. The number of nitrogens with one attached hydrogen (secondary N) is 1. The van der Waals surface area contributed by atoms with Crippen LogP contribution in [0.25, 0.3) is 0 Å². The van der Waals surface area contributed by atoms with Crippen LogP contribution in [-0.4, -0.2) is 19.7 Å². The lowest BCUT2D eigenvalue weighted by atomic mass is 9.64. The lowest BCUT2D eigenvalue weighted by Crippen LogP contribution is -2.44. The summed E-state index contributed by atoms with van der Waals surface area (Å²) in [6, 6.07) is 13.1. The molecule has 1 fully saturated rings. The van der Waals surface area contributed by atoms with Crippen molar-refractivity contribution in [2.24, 2.45) is 0 Å². The highest BCUT2D eigenvalue weighted by Gasteiger charge is 2.38. The Bertz CT molecular complexity index is 756. The van der Waals surface area contributed by atoms with Crippen LogP contribution in [-0.2, 0) is 11.6 Å². The monoisotopic (exact) mass is 455 g/mol. The van der Waals surface area contributed by atoms with E-state index in [2.05, 4.69) is 24.4 Å². The molecule has 0 saturated heterocycles. The van der Waals surface area contributed by atoms with Crippen LogP contribution in [0, 0.1) is 0 Å². The number of halogens is 4. The van der Waals surface area contributed by atoms with Crippen molar-refractivity contribution in [3.63, 3.8) is 0 Å². The Morgan fingerprint density at radius 2 is 1.61 bits per heavy atom. The minimum atomic E-state index is -4.27. The fourth-order valence-corrected chi connectivity index (χ4v) is 3.83. The Kier molecular flexibility index (Phi) is 10.2. The number of rotatable bonds is 9. The molecule has 0 atom stereocenters. The number of alkyl halides is 3. The molecule has 0 aliphatic heterocycles. The normalized spacial score (nSPS) is 14.9. The van der Waals surface area contributed by atoms with Crippen molar-refractivity contribution in [3.8, 4) is 5.75 Å². The fraction of sp³-hybridized carbons (Fsp3) is 0.520. The first kappa shape index (κ1) is 25.5. The summed E-state index contributed by atoms with van der Waals surface area (Å²) < 4.78 is 41.2. The maximum atomic E-state index is 12.1. The number of ether oxygens (including phenoxy) is 1. The molecule has 31 heavy (non-hydrogen) atoms. The number of hydrogen-bond acceptors (Lipinski definition) is 2. The summed E-state index contributed by atoms with van der Waals surface area (Å²) in [7, 11) is 0. The summed E-state index contributed by atoms with van der Waals surface area (Å²) >= 11 is 5.97. The van der Waals surface area contributed by atoms with Gasteiger partial charge in [0, 0.05) is 17.0 Å². The van der Waals surface area contributed by atoms with Gasteiger partial charge < -0.3 is 10.1 Å². The van der Waals surface area contributed by atoms with Crippen molar-refractivity contribution in [2.75, 3.05) is 19.7 Å². The molecule has 1 saturated carbocycles. The molecule has 0 unspecified atom stereocenters. The molecule has 3 rings (SSSR count). The third kappa shape index (κ3) is 8.04. The van der Waals surface area contributed by atoms with Gasteiger partial charge in [0.2, 0.25) is 0 Å². The summed E-state index contributed by atoms with van der Waals surface area (Å²) in [4.78, 5) is 0. The average Bonchev–Trinajstić information content (AvgIpc) is 2.71. The van der Waals surface area contributed by atoms with Crippen molar-refractivity contribution in [3.05, 3.63) is 64.7 Å². The topological polar surface area (TPSA) is 21.3 Å². The quantitative estimate of drug-likeness (QED) is 0.392. The van der Waals surface area contributed by atoms with E-state index in [9.17, 15) is 13.2 Å². The van der Waals surface area contributed by atoms with Gasteiger partial charge in [-0.15, -0.1) is 0 Å². The maximum Gasteiger partial charge on any atom is 0.416 e. The Hall–Kier alpha value is -1.72. The third-order valence-corrected chi connectivity index (χ3v) is 5.93. The van der Waals surface area contributed by atoms with E-state index in [-0.39, 0.29) is 0 Å². The molecule has 2 aromatic rings. The SMILES string of the molecule is CCCCCNCC1(c2ccc(Cl)cc2)CCC1.CCOc1ccc(C(F)(F)F)cc1. The molecule has 6 heteroatoms. The van der Waals surface area contributed by atoms with Gasteiger partial charge in [-0.3, -0.25) is 0 Å². The van der Waals surface area contributed by atoms with Crippen molar-refractivity contribution in [2.45, 2.75) is 64.0 Å². The summed E-state index contributed by atoms with van der Waals surface area (Å²) in [5.74, 6) is 0.454. The maximum absolute atomic E-state index is 12.1. The minimum absolute atomic E-state index is 0.386. The van der Waals surface area contributed by atoms with E-state index in [1.807, 2.05) is 12.1 Å². The molecular weight excluding hydrogens is 423 g/mol. The first-order valence-electron chi connectivity index (χ1n) is 11.1. The molecule has 0 aromatic heterocycles.